The van der Waals surface area contributed by atoms with Gasteiger partial charge in [0.05, 0.1) is 6.04 Å². The smallest absolute Gasteiger partial charge is 0.129 e. The van der Waals surface area contributed by atoms with Crippen molar-refractivity contribution in [3.63, 3.8) is 0 Å². The van der Waals surface area contributed by atoms with Crippen molar-refractivity contribution in [2.75, 3.05) is 0 Å². The quantitative estimate of drug-likeness (QED) is 0.884. The third-order valence-corrected chi connectivity index (χ3v) is 3.39. The van der Waals surface area contributed by atoms with Crippen LogP contribution < -0.4 is 5.73 Å². The van der Waals surface area contributed by atoms with E-state index in [-0.39, 0.29) is 24.3 Å². The summed E-state index contributed by atoms with van der Waals surface area (Å²) in [6.07, 6.45) is 0. The summed E-state index contributed by atoms with van der Waals surface area (Å²) in [7, 11) is 0. The Bertz CT molecular complexity index is 461. The van der Waals surface area contributed by atoms with Crippen molar-refractivity contribution in [2.24, 2.45) is 5.73 Å². The molecule has 1 heterocycles. The molecule has 0 fully saturated rings. The fourth-order valence-electron chi connectivity index (χ4n) is 1.39. The van der Waals surface area contributed by atoms with Crippen molar-refractivity contribution in [1.29, 1.82) is 0 Å². The molecule has 2 aromatic rings. The van der Waals surface area contributed by atoms with E-state index in [1.807, 2.05) is 16.8 Å². The van der Waals surface area contributed by atoms with Crippen molar-refractivity contribution in [3.8, 4) is 0 Å². The van der Waals surface area contributed by atoms with E-state index in [0.717, 1.165) is 10.0 Å². The average molecular weight is 323 g/mol. The van der Waals surface area contributed by atoms with Crippen LogP contribution >= 0.6 is 39.7 Å². The molecule has 0 aliphatic heterocycles. The number of halogens is 3. The summed E-state index contributed by atoms with van der Waals surface area (Å²) >= 11 is 4.78. The van der Waals surface area contributed by atoms with E-state index in [0.29, 0.717) is 5.56 Å². The molecule has 0 saturated heterocycles. The molecule has 1 aromatic heterocycles. The summed E-state index contributed by atoms with van der Waals surface area (Å²) in [4.78, 5) is 0. The molecular formula is C11H10BrClFNS. The van der Waals surface area contributed by atoms with Crippen LogP contribution in [0.15, 0.2) is 39.5 Å². The minimum atomic E-state index is -0.385. The fourth-order valence-corrected chi connectivity index (χ4v) is 2.41. The van der Waals surface area contributed by atoms with Gasteiger partial charge in [-0.05, 0) is 34.5 Å². The van der Waals surface area contributed by atoms with E-state index in [2.05, 4.69) is 15.9 Å². The molecule has 0 bridgehead atoms. The minimum absolute atomic E-state index is 0. The summed E-state index contributed by atoms with van der Waals surface area (Å²) in [5.41, 5.74) is 7.43. The minimum Gasteiger partial charge on any atom is -0.320 e. The first-order valence-electron chi connectivity index (χ1n) is 4.41. The molecular weight excluding hydrogens is 313 g/mol. The van der Waals surface area contributed by atoms with Gasteiger partial charge in [-0.15, -0.1) is 12.4 Å². The lowest BCUT2D eigenvalue weighted by Gasteiger charge is -2.11. The van der Waals surface area contributed by atoms with Crippen molar-refractivity contribution < 1.29 is 4.39 Å². The molecule has 0 unspecified atom stereocenters. The zero-order valence-electron chi connectivity index (χ0n) is 8.19. The lowest BCUT2D eigenvalue weighted by molar-refractivity contribution is 0.599. The third-order valence-electron chi connectivity index (χ3n) is 2.20. The molecule has 5 heteroatoms. The summed E-state index contributed by atoms with van der Waals surface area (Å²) < 4.78 is 14.3. The van der Waals surface area contributed by atoms with Gasteiger partial charge in [0.15, 0.2) is 0 Å². The number of hydrogen-bond acceptors (Lipinski definition) is 2. The van der Waals surface area contributed by atoms with Gasteiger partial charge in [0.1, 0.15) is 5.82 Å². The van der Waals surface area contributed by atoms with Crippen LogP contribution in [0, 0.1) is 5.82 Å². The Labute approximate surface area is 112 Å². The standard InChI is InChI=1S/C11H9BrFNS.ClH/c12-8-1-2-9(10(13)5-8)11(14)7-3-4-15-6-7;/h1-6,11H,14H2;1H/t11-;/m0./s1. The van der Waals surface area contributed by atoms with E-state index in [4.69, 9.17) is 5.73 Å². The molecule has 2 rings (SSSR count). The fraction of sp³-hybridized carbons (Fsp3) is 0.0909. The summed E-state index contributed by atoms with van der Waals surface area (Å²) in [6.45, 7) is 0. The maximum Gasteiger partial charge on any atom is 0.129 e. The number of benzene rings is 1. The Morgan fingerprint density at radius 3 is 2.62 bits per heavy atom. The Hall–Kier alpha value is -0.420. The summed E-state index contributed by atoms with van der Waals surface area (Å²) in [6, 6.07) is 6.47. The van der Waals surface area contributed by atoms with Gasteiger partial charge < -0.3 is 5.73 Å². The van der Waals surface area contributed by atoms with Crippen molar-refractivity contribution in [2.45, 2.75) is 6.04 Å². The lowest BCUT2D eigenvalue weighted by atomic mass is 10.0. The van der Waals surface area contributed by atoms with Crippen LogP contribution in [0.2, 0.25) is 0 Å². The van der Waals surface area contributed by atoms with Gasteiger partial charge in [0.2, 0.25) is 0 Å². The van der Waals surface area contributed by atoms with Gasteiger partial charge in [0.25, 0.3) is 0 Å². The van der Waals surface area contributed by atoms with E-state index in [9.17, 15) is 4.39 Å². The molecule has 86 valence electrons. The second-order valence-electron chi connectivity index (χ2n) is 3.20. The second-order valence-corrected chi connectivity index (χ2v) is 4.90. The van der Waals surface area contributed by atoms with Gasteiger partial charge in [-0.25, -0.2) is 4.39 Å². The molecule has 1 aromatic carbocycles. The van der Waals surface area contributed by atoms with Crippen molar-refractivity contribution in [1.82, 2.24) is 0 Å². The highest BCUT2D eigenvalue weighted by Crippen LogP contribution is 2.25. The van der Waals surface area contributed by atoms with Crippen molar-refractivity contribution >= 4 is 39.7 Å². The van der Waals surface area contributed by atoms with Crippen LogP contribution in [0.1, 0.15) is 17.2 Å². The zero-order valence-corrected chi connectivity index (χ0v) is 11.4. The van der Waals surface area contributed by atoms with Crippen LogP contribution in [0.25, 0.3) is 0 Å². The largest absolute Gasteiger partial charge is 0.320 e. The van der Waals surface area contributed by atoms with E-state index >= 15 is 0 Å². The highest BCUT2D eigenvalue weighted by atomic mass is 79.9. The molecule has 1 nitrogen and oxygen atoms in total. The first-order valence-corrected chi connectivity index (χ1v) is 6.14. The highest BCUT2D eigenvalue weighted by Gasteiger charge is 2.13. The SMILES string of the molecule is Cl.N[C@@H](c1ccsc1)c1ccc(Br)cc1F. The first-order chi connectivity index (χ1) is 7.18. The van der Waals surface area contributed by atoms with Gasteiger partial charge in [-0.3, -0.25) is 0 Å². The molecule has 0 radical (unpaired) electrons. The van der Waals surface area contributed by atoms with Crippen LogP contribution in [-0.2, 0) is 0 Å². The van der Waals surface area contributed by atoms with Gasteiger partial charge in [-0.1, -0.05) is 22.0 Å². The Balaban J connectivity index is 0.00000128. The molecule has 0 amide bonds. The summed E-state index contributed by atoms with van der Waals surface area (Å²) in [5.74, 6) is -0.275. The van der Waals surface area contributed by atoms with E-state index in [1.54, 1.807) is 23.5 Å². The Kier molecular flexibility index (Phi) is 4.92. The molecule has 2 N–H and O–H groups in total. The Morgan fingerprint density at radius 2 is 2.06 bits per heavy atom. The first kappa shape index (κ1) is 13.6. The average Bonchev–Trinajstić information content (AvgIpc) is 2.69. The predicted molar refractivity (Wildman–Crippen MR) is 71.7 cm³/mol. The number of rotatable bonds is 2. The maximum atomic E-state index is 13.6. The normalized spacial score (nSPS) is 11.9. The molecule has 16 heavy (non-hydrogen) atoms. The van der Waals surface area contributed by atoms with Gasteiger partial charge in [0, 0.05) is 10.0 Å². The lowest BCUT2D eigenvalue weighted by Crippen LogP contribution is -2.12. The number of thiophene rings is 1. The van der Waals surface area contributed by atoms with Crippen LogP contribution in [0.4, 0.5) is 4.39 Å². The van der Waals surface area contributed by atoms with Crippen molar-refractivity contribution in [3.05, 3.63) is 56.4 Å². The van der Waals surface area contributed by atoms with Crippen LogP contribution in [0.5, 0.6) is 0 Å². The third kappa shape index (κ3) is 2.83. The number of nitrogens with two attached hydrogens (primary N) is 1. The highest BCUT2D eigenvalue weighted by molar-refractivity contribution is 9.10. The molecule has 0 saturated carbocycles. The van der Waals surface area contributed by atoms with E-state index in [1.165, 1.54) is 6.07 Å². The molecule has 1 atom stereocenters. The molecule has 0 aliphatic carbocycles. The predicted octanol–water partition coefficient (Wildman–Crippen LogP) is 4.12. The Morgan fingerprint density at radius 1 is 1.31 bits per heavy atom. The van der Waals surface area contributed by atoms with Gasteiger partial charge in [-0.2, -0.15) is 11.3 Å². The molecule has 0 aliphatic rings. The monoisotopic (exact) mass is 321 g/mol. The summed E-state index contributed by atoms with van der Waals surface area (Å²) in [5, 5.41) is 3.87. The topological polar surface area (TPSA) is 26.0 Å². The zero-order chi connectivity index (χ0) is 10.8. The molecule has 0 spiro atoms. The van der Waals surface area contributed by atoms with Crippen LogP contribution in [0.3, 0.4) is 0 Å². The maximum absolute atomic E-state index is 13.6. The van der Waals surface area contributed by atoms with Crippen LogP contribution in [-0.4, -0.2) is 0 Å². The number of hydrogen-bond donors (Lipinski definition) is 1. The van der Waals surface area contributed by atoms with Gasteiger partial charge >= 0.3 is 0 Å². The van der Waals surface area contributed by atoms with E-state index < -0.39 is 0 Å². The second kappa shape index (κ2) is 5.77.